The molecule has 0 aliphatic heterocycles. The van der Waals surface area contributed by atoms with Crippen molar-refractivity contribution in [3.05, 3.63) is 12.3 Å². The van der Waals surface area contributed by atoms with Gasteiger partial charge in [0.2, 0.25) is 0 Å². The minimum Gasteiger partial charge on any atom is -0.505 e. The van der Waals surface area contributed by atoms with Gasteiger partial charge in [-0.05, 0) is 5.92 Å². The Morgan fingerprint density at radius 3 is 2.50 bits per heavy atom. The molecule has 0 unspecified atom stereocenters. The number of nitrogens with zero attached hydrogens (tertiary/aromatic N) is 1. The molecule has 0 amide bonds. The van der Waals surface area contributed by atoms with Gasteiger partial charge in [-0.25, -0.2) is 0 Å². The van der Waals surface area contributed by atoms with Gasteiger partial charge in [-0.2, -0.15) is 0 Å². The zero-order valence-corrected chi connectivity index (χ0v) is 7.02. The fourth-order valence-corrected chi connectivity index (χ4v) is 0.423. The largest absolute Gasteiger partial charge is 0.505 e. The van der Waals surface area contributed by atoms with Crippen molar-refractivity contribution in [2.24, 2.45) is 10.9 Å². The molecule has 0 bridgehead atoms. The molecule has 0 rings (SSSR count). The summed E-state index contributed by atoms with van der Waals surface area (Å²) in [6.45, 7) is 7.89. The number of aliphatic hydroxyl groups excluding tert-OH is 1. The molecule has 0 radical (unpaired) electrons. The van der Waals surface area contributed by atoms with Crippen molar-refractivity contribution < 1.29 is 5.11 Å². The highest BCUT2D eigenvalue weighted by atomic mass is 35.5. The molecular formula is C7H12ClNO. The van der Waals surface area contributed by atoms with Crippen LogP contribution in [0.15, 0.2) is 17.3 Å². The van der Waals surface area contributed by atoms with Crippen molar-refractivity contribution in [3.63, 3.8) is 0 Å². The van der Waals surface area contributed by atoms with Gasteiger partial charge in [-0.1, -0.05) is 32.0 Å². The maximum Gasteiger partial charge on any atom is 0.165 e. The molecule has 0 aromatic carbocycles. The van der Waals surface area contributed by atoms with Gasteiger partial charge < -0.3 is 5.11 Å². The van der Waals surface area contributed by atoms with Crippen LogP contribution >= 0.6 is 11.6 Å². The molecule has 0 aromatic heterocycles. The molecular weight excluding hydrogens is 150 g/mol. The van der Waals surface area contributed by atoms with Gasteiger partial charge in [0.1, 0.15) is 5.76 Å². The first-order chi connectivity index (χ1) is 4.54. The molecule has 0 saturated carbocycles. The molecule has 0 saturated heterocycles. The Morgan fingerprint density at radius 1 is 1.70 bits per heavy atom. The van der Waals surface area contributed by atoms with E-state index >= 15 is 0 Å². The van der Waals surface area contributed by atoms with Crippen LogP contribution in [-0.2, 0) is 0 Å². The molecule has 1 N–H and O–H groups in total. The van der Waals surface area contributed by atoms with Gasteiger partial charge in [-0.15, -0.1) is 0 Å². The van der Waals surface area contributed by atoms with Crippen LogP contribution in [0.25, 0.3) is 0 Å². The van der Waals surface area contributed by atoms with Crippen LogP contribution in [0.2, 0.25) is 0 Å². The number of aliphatic imine (C=N–C) groups is 1. The van der Waals surface area contributed by atoms with E-state index in [0.29, 0.717) is 12.5 Å². The summed E-state index contributed by atoms with van der Waals surface area (Å²) in [5.41, 5.74) is 0. The van der Waals surface area contributed by atoms with E-state index in [1.807, 2.05) is 13.8 Å². The van der Waals surface area contributed by atoms with Gasteiger partial charge in [0, 0.05) is 6.54 Å². The topological polar surface area (TPSA) is 32.6 Å². The van der Waals surface area contributed by atoms with Crippen LogP contribution in [0.1, 0.15) is 13.8 Å². The van der Waals surface area contributed by atoms with E-state index in [9.17, 15) is 0 Å². The predicted molar refractivity (Wildman–Crippen MR) is 44.8 cm³/mol. The number of halogens is 1. The Morgan fingerprint density at radius 2 is 2.20 bits per heavy atom. The molecule has 0 aliphatic rings. The lowest BCUT2D eigenvalue weighted by Crippen LogP contribution is -1.97. The molecule has 0 heterocycles. The number of allylic oxidation sites excluding steroid dienone is 1. The molecule has 0 aliphatic carbocycles. The number of hydrogen-bond acceptors (Lipinski definition) is 2. The maximum atomic E-state index is 8.68. The summed E-state index contributed by atoms with van der Waals surface area (Å²) in [7, 11) is 0. The van der Waals surface area contributed by atoms with E-state index in [4.69, 9.17) is 16.7 Å². The van der Waals surface area contributed by atoms with Crippen LogP contribution in [0.4, 0.5) is 0 Å². The second kappa shape index (κ2) is 4.34. The smallest absolute Gasteiger partial charge is 0.165 e. The van der Waals surface area contributed by atoms with Gasteiger partial charge in [0.15, 0.2) is 5.17 Å². The third kappa shape index (κ3) is 4.39. The Balaban J connectivity index is 3.81. The minimum absolute atomic E-state index is 0.105. The molecule has 0 spiro atoms. The third-order valence-corrected chi connectivity index (χ3v) is 1.17. The fourth-order valence-electron chi connectivity index (χ4n) is 0.354. The second-order valence-corrected chi connectivity index (χ2v) is 2.83. The molecule has 2 nitrogen and oxygen atoms in total. The monoisotopic (exact) mass is 161 g/mol. The maximum absolute atomic E-state index is 8.68. The zero-order chi connectivity index (χ0) is 8.15. The van der Waals surface area contributed by atoms with Gasteiger partial charge in [-0.3, -0.25) is 4.99 Å². The van der Waals surface area contributed by atoms with E-state index in [1.165, 1.54) is 0 Å². The minimum atomic E-state index is -0.165. The third-order valence-electron chi connectivity index (χ3n) is 0.833. The van der Waals surface area contributed by atoms with E-state index in [2.05, 4.69) is 11.6 Å². The Hall–Kier alpha value is -0.500. The van der Waals surface area contributed by atoms with Crippen molar-refractivity contribution in [1.29, 1.82) is 0 Å². The average molecular weight is 162 g/mol. The quantitative estimate of drug-likeness (QED) is 0.500. The zero-order valence-electron chi connectivity index (χ0n) is 6.26. The summed E-state index contributed by atoms with van der Waals surface area (Å²) in [6.07, 6.45) is 0. The molecule has 10 heavy (non-hydrogen) atoms. The molecule has 3 heteroatoms. The van der Waals surface area contributed by atoms with E-state index in [1.54, 1.807) is 0 Å². The normalized spacial score (nSPS) is 12.2. The number of rotatable bonds is 3. The summed E-state index contributed by atoms with van der Waals surface area (Å²) < 4.78 is 0. The Bertz CT molecular complexity index is 152. The first kappa shape index (κ1) is 9.50. The van der Waals surface area contributed by atoms with Crippen LogP contribution in [0.5, 0.6) is 0 Å². The summed E-state index contributed by atoms with van der Waals surface area (Å²) in [5, 5.41) is 8.78. The highest BCUT2D eigenvalue weighted by Crippen LogP contribution is 1.99. The first-order valence-electron chi connectivity index (χ1n) is 3.12. The predicted octanol–water partition coefficient (Wildman–Crippen LogP) is 2.35. The number of hydrogen-bond donors (Lipinski definition) is 1. The van der Waals surface area contributed by atoms with Gasteiger partial charge >= 0.3 is 0 Å². The number of aliphatic hydroxyl groups is 1. The van der Waals surface area contributed by atoms with Crippen LogP contribution in [0.3, 0.4) is 0 Å². The lowest BCUT2D eigenvalue weighted by Gasteiger charge is -1.98. The van der Waals surface area contributed by atoms with E-state index in [-0.39, 0.29) is 10.9 Å². The summed E-state index contributed by atoms with van der Waals surface area (Å²) in [4.78, 5) is 3.86. The van der Waals surface area contributed by atoms with Crippen molar-refractivity contribution in [2.45, 2.75) is 13.8 Å². The molecule has 0 atom stereocenters. The summed E-state index contributed by atoms with van der Waals surface area (Å²) in [6, 6.07) is 0. The second-order valence-electron chi connectivity index (χ2n) is 2.47. The van der Waals surface area contributed by atoms with Gasteiger partial charge in [0.25, 0.3) is 0 Å². The standard InChI is InChI=1S/C7H12ClNO/c1-5(2)4-9-7(8)6(3)10/h5,10H,3-4H2,1-2H3/b9-7+. The summed E-state index contributed by atoms with van der Waals surface area (Å²) >= 11 is 5.46. The fraction of sp³-hybridized carbons (Fsp3) is 0.571. The summed E-state index contributed by atoms with van der Waals surface area (Å²) in [5.74, 6) is 0.287. The Kier molecular flexibility index (Phi) is 4.12. The van der Waals surface area contributed by atoms with Crippen LogP contribution in [0, 0.1) is 5.92 Å². The molecule has 0 fully saturated rings. The highest BCUT2D eigenvalue weighted by Gasteiger charge is 1.97. The lowest BCUT2D eigenvalue weighted by molar-refractivity contribution is 0.447. The molecule has 0 aromatic rings. The van der Waals surface area contributed by atoms with Crippen molar-refractivity contribution >= 4 is 16.8 Å². The van der Waals surface area contributed by atoms with E-state index in [0.717, 1.165) is 0 Å². The van der Waals surface area contributed by atoms with Crippen molar-refractivity contribution in [3.8, 4) is 0 Å². The van der Waals surface area contributed by atoms with Gasteiger partial charge in [0.05, 0.1) is 0 Å². The first-order valence-corrected chi connectivity index (χ1v) is 3.50. The van der Waals surface area contributed by atoms with Crippen LogP contribution < -0.4 is 0 Å². The van der Waals surface area contributed by atoms with Crippen molar-refractivity contribution in [2.75, 3.05) is 6.54 Å². The van der Waals surface area contributed by atoms with Crippen molar-refractivity contribution in [1.82, 2.24) is 0 Å². The molecule has 58 valence electrons. The SMILES string of the molecule is C=C(O)/C(Cl)=N\CC(C)C. The Labute approximate surface area is 66.2 Å². The van der Waals surface area contributed by atoms with E-state index < -0.39 is 0 Å². The van der Waals surface area contributed by atoms with Crippen LogP contribution in [-0.4, -0.2) is 16.8 Å². The average Bonchev–Trinajstić information content (AvgIpc) is 1.82. The highest BCUT2D eigenvalue weighted by molar-refractivity contribution is 6.69. The lowest BCUT2D eigenvalue weighted by atomic mass is 10.2.